The van der Waals surface area contributed by atoms with E-state index < -0.39 is 0 Å². The number of halogens is 1. The highest BCUT2D eigenvalue weighted by Crippen LogP contribution is 2.16. The van der Waals surface area contributed by atoms with Crippen molar-refractivity contribution >= 4 is 0 Å². The molecule has 0 unspecified atom stereocenters. The van der Waals surface area contributed by atoms with E-state index in [1.807, 2.05) is 10.6 Å². The molecule has 5 nitrogen and oxygen atoms in total. The van der Waals surface area contributed by atoms with Gasteiger partial charge in [0.2, 0.25) is 0 Å². The summed E-state index contributed by atoms with van der Waals surface area (Å²) in [5.41, 5.74) is 6.63. The molecule has 2 heterocycles. The largest absolute Gasteiger partial charge is 0.320 e. The van der Waals surface area contributed by atoms with E-state index in [-0.39, 0.29) is 12.4 Å². The van der Waals surface area contributed by atoms with Gasteiger partial charge in [-0.15, -0.1) is 10.2 Å². The predicted octanol–water partition coefficient (Wildman–Crippen LogP) is 0.743. The second-order valence-corrected chi connectivity index (χ2v) is 4.96. The molecule has 0 saturated heterocycles. The SMILES string of the molecule is NCC#Cc1ccc(CN2CCn3cnnc3C2)c(F)c1. The van der Waals surface area contributed by atoms with Crippen molar-refractivity contribution in [2.75, 3.05) is 13.1 Å². The Morgan fingerprint density at radius 3 is 3.05 bits per heavy atom. The lowest BCUT2D eigenvalue weighted by molar-refractivity contribution is 0.206. The summed E-state index contributed by atoms with van der Waals surface area (Å²) >= 11 is 0. The maximum absolute atomic E-state index is 14.1. The van der Waals surface area contributed by atoms with Crippen LogP contribution in [-0.2, 0) is 19.6 Å². The van der Waals surface area contributed by atoms with Crippen molar-refractivity contribution in [1.29, 1.82) is 0 Å². The lowest BCUT2D eigenvalue weighted by atomic mass is 10.1. The molecule has 2 aromatic rings. The van der Waals surface area contributed by atoms with Crippen LogP contribution in [0.4, 0.5) is 4.39 Å². The van der Waals surface area contributed by atoms with Gasteiger partial charge >= 0.3 is 0 Å². The first kappa shape index (κ1) is 13.7. The van der Waals surface area contributed by atoms with E-state index in [0.717, 1.165) is 18.9 Å². The monoisotopic (exact) mass is 285 g/mol. The molecule has 1 aromatic heterocycles. The van der Waals surface area contributed by atoms with Gasteiger partial charge in [0, 0.05) is 30.8 Å². The first-order valence-corrected chi connectivity index (χ1v) is 6.82. The topological polar surface area (TPSA) is 60.0 Å². The number of hydrogen-bond acceptors (Lipinski definition) is 4. The third kappa shape index (κ3) is 3.10. The van der Waals surface area contributed by atoms with Crippen molar-refractivity contribution in [1.82, 2.24) is 19.7 Å². The minimum absolute atomic E-state index is 0.231. The van der Waals surface area contributed by atoms with E-state index in [2.05, 4.69) is 26.9 Å². The van der Waals surface area contributed by atoms with E-state index in [1.165, 1.54) is 6.07 Å². The number of aromatic nitrogens is 3. The van der Waals surface area contributed by atoms with Crippen molar-refractivity contribution in [2.45, 2.75) is 19.6 Å². The zero-order valence-corrected chi connectivity index (χ0v) is 11.6. The van der Waals surface area contributed by atoms with Gasteiger partial charge in [0.05, 0.1) is 13.1 Å². The molecule has 0 bridgehead atoms. The Hall–Kier alpha value is -2.23. The number of nitrogens with zero attached hydrogens (tertiary/aromatic N) is 4. The van der Waals surface area contributed by atoms with Crippen LogP contribution in [-0.4, -0.2) is 32.8 Å². The highest BCUT2D eigenvalue weighted by molar-refractivity contribution is 5.37. The Kier molecular flexibility index (Phi) is 3.95. The highest BCUT2D eigenvalue weighted by Gasteiger charge is 2.18. The Morgan fingerprint density at radius 2 is 2.24 bits per heavy atom. The van der Waals surface area contributed by atoms with Gasteiger partial charge in [0.15, 0.2) is 0 Å². The molecule has 1 aliphatic heterocycles. The average Bonchev–Trinajstić information content (AvgIpc) is 2.95. The van der Waals surface area contributed by atoms with Crippen LogP contribution >= 0.6 is 0 Å². The van der Waals surface area contributed by atoms with E-state index in [0.29, 0.717) is 24.2 Å². The number of benzene rings is 1. The van der Waals surface area contributed by atoms with Crippen LogP contribution in [0.3, 0.4) is 0 Å². The van der Waals surface area contributed by atoms with Gasteiger partial charge in [-0.3, -0.25) is 4.90 Å². The van der Waals surface area contributed by atoms with Crippen LogP contribution in [0.1, 0.15) is 17.0 Å². The second kappa shape index (κ2) is 6.04. The fraction of sp³-hybridized carbons (Fsp3) is 0.333. The molecular weight excluding hydrogens is 269 g/mol. The fourth-order valence-electron chi connectivity index (χ4n) is 2.40. The van der Waals surface area contributed by atoms with Crippen molar-refractivity contribution in [3.05, 3.63) is 47.3 Å². The van der Waals surface area contributed by atoms with Crippen LogP contribution < -0.4 is 5.73 Å². The molecular formula is C15H16FN5. The zero-order chi connectivity index (χ0) is 14.7. The Balaban J connectivity index is 1.71. The number of hydrogen-bond donors (Lipinski definition) is 1. The quantitative estimate of drug-likeness (QED) is 0.827. The molecule has 0 atom stereocenters. The smallest absolute Gasteiger partial charge is 0.147 e. The van der Waals surface area contributed by atoms with Crippen LogP contribution in [0.2, 0.25) is 0 Å². The fourth-order valence-corrected chi connectivity index (χ4v) is 2.40. The molecule has 1 aromatic carbocycles. The second-order valence-electron chi connectivity index (χ2n) is 4.96. The molecule has 0 amide bonds. The summed E-state index contributed by atoms with van der Waals surface area (Å²) in [6.45, 7) is 3.22. The van der Waals surface area contributed by atoms with Gasteiger partial charge in [-0.1, -0.05) is 17.9 Å². The first-order chi connectivity index (χ1) is 10.3. The van der Waals surface area contributed by atoms with Crippen LogP contribution in [0.25, 0.3) is 0 Å². The molecule has 2 N–H and O–H groups in total. The van der Waals surface area contributed by atoms with Crippen LogP contribution in [0.15, 0.2) is 24.5 Å². The average molecular weight is 285 g/mol. The number of nitrogens with two attached hydrogens (primary N) is 1. The summed E-state index contributed by atoms with van der Waals surface area (Å²) in [4.78, 5) is 2.16. The summed E-state index contributed by atoms with van der Waals surface area (Å²) in [5.74, 6) is 6.25. The van der Waals surface area contributed by atoms with Gasteiger partial charge in [-0.25, -0.2) is 4.39 Å². The molecule has 0 fully saturated rings. The van der Waals surface area contributed by atoms with E-state index in [9.17, 15) is 4.39 Å². The summed E-state index contributed by atoms with van der Waals surface area (Å²) in [7, 11) is 0. The third-order valence-corrected chi connectivity index (χ3v) is 3.50. The number of fused-ring (bicyclic) bond motifs is 1. The third-order valence-electron chi connectivity index (χ3n) is 3.50. The highest BCUT2D eigenvalue weighted by atomic mass is 19.1. The van der Waals surface area contributed by atoms with Gasteiger partial charge in [0.25, 0.3) is 0 Å². The van der Waals surface area contributed by atoms with E-state index >= 15 is 0 Å². The molecule has 0 aliphatic carbocycles. The van der Waals surface area contributed by atoms with E-state index in [1.54, 1.807) is 12.4 Å². The molecule has 0 radical (unpaired) electrons. The standard InChI is InChI=1S/C15H16FN5/c16-14-8-12(2-1-5-17)3-4-13(14)9-20-6-7-21-11-18-19-15(21)10-20/h3-4,8,11H,5-7,9-10,17H2. The molecule has 1 aliphatic rings. The lowest BCUT2D eigenvalue weighted by Gasteiger charge is -2.26. The minimum atomic E-state index is -0.231. The summed E-state index contributed by atoms with van der Waals surface area (Å²) in [6, 6.07) is 5.08. The van der Waals surface area contributed by atoms with Gasteiger partial charge in [-0.2, -0.15) is 0 Å². The Morgan fingerprint density at radius 1 is 1.33 bits per heavy atom. The van der Waals surface area contributed by atoms with Crippen molar-refractivity contribution in [3.63, 3.8) is 0 Å². The van der Waals surface area contributed by atoms with E-state index in [4.69, 9.17) is 5.73 Å². The van der Waals surface area contributed by atoms with Crippen molar-refractivity contribution < 1.29 is 4.39 Å². The minimum Gasteiger partial charge on any atom is -0.320 e. The van der Waals surface area contributed by atoms with Gasteiger partial charge < -0.3 is 10.3 Å². The summed E-state index contributed by atoms with van der Waals surface area (Å²) < 4.78 is 16.1. The molecule has 3 rings (SSSR count). The van der Waals surface area contributed by atoms with Crippen LogP contribution in [0, 0.1) is 17.7 Å². The molecule has 6 heteroatoms. The lowest BCUT2D eigenvalue weighted by Crippen LogP contribution is -2.33. The Labute approximate surface area is 122 Å². The molecule has 108 valence electrons. The van der Waals surface area contributed by atoms with Gasteiger partial charge in [-0.05, 0) is 12.1 Å². The van der Waals surface area contributed by atoms with Crippen LogP contribution in [0.5, 0.6) is 0 Å². The maximum Gasteiger partial charge on any atom is 0.147 e. The molecule has 21 heavy (non-hydrogen) atoms. The summed E-state index contributed by atoms with van der Waals surface area (Å²) in [5, 5.41) is 7.96. The normalized spacial score (nSPS) is 14.4. The predicted molar refractivity (Wildman–Crippen MR) is 76.5 cm³/mol. The summed E-state index contributed by atoms with van der Waals surface area (Å²) in [6.07, 6.45) is 1.73. The molecule has 0 saturated carbocycles. The van der Waals surface area contributed by atoms with Gasteiger partial charge in [0.1, 0.15) is 18.0 Å². The number of rotatable bonds is 2. The Bertz CT molecular complexity index is 698. The zero-order valence-electron chi connectivity index (χ0n) is 11.6. The van der Waals surface area contributed by atoms with Crippen molar-refractivity contribution in [3.8, 4) is 11.8 Å². The van der Waals surface area contributed by atoms with Crippen molar-refractivity contribution in [2.24, 2.45) is 5.73 Å². The first-order valence-electron chi connectivity index (χ1n) is 6.82. The molecule has 0 spiro atoms. The maximum atomic E-state index is 14.1.